The number of hydrogen-bond donors (Lipinski definition) is 2. The number of hydrogen-bond acceptors (Lipinski definition) is 2. The van der Waals surface area contributed by atoms with Crippen molar-refractivity contribution in [2.45, 2.75) is 32.6 Å². The molecular weight excluding hydrogens is 266 g/mol. The summed E-state index contributed by atoms with van der Waals surface area (Å²) in [6.07, 6.45) is 3.88. The van der Waals surface area contributed by atoms with E-state index in [0.717, 1.165) is 36.9 Å². The molecule has 0 aromatic heterocycles. The molecule has 4 heteroatoms. The average Bonchev–Trinajstić information content (AvgIpc) is 2.47. The van der Waals surface area contributed by atoms with Crippen LogP contribution in [0.15, 0.2) is 24.3 Å². The number of rotatable bonds is 3. The number of anilines is 1. The van der Waals surface area contributed by atoms with E-state index in [2.05, 4.69) is 5.32 Å². The van der Waals surface area contributed by atoms with E-state index in [1.807, 2.05) is 31.2 Å². The lowest BCUT2D eigenvalue weighted by Gasteiger charge is -2.45. The van der Waals surface area contributed by atoms with Gasteiger partial charge in [-0.1, -0.05) is 12.1 Å². The van der Waals surface area contributed by atoms with Crippen molar-refractivity contribution in [3.05, 3.63) is 29.8 Å². The van der Waals surface area contributed by atoms with Crippen LogP contribution in [-0.4, -0.2) is 17.0 Å². The standard InChI is InChI=1S/C17H21NO3/c1-10-3-2-4-13(9-10)18-16(19)14-11-5-7-12(8-6-11)15(14)17(20)21/h2-4,9,11-12,14-15H,5-8H2,1H3,(H,18,19)(H,20,21). The molecule has 1 aromatic carbocycles. The number of fused-ring (bicyclic) bond motifs is 3. The van der Waals surface area contributed by atoms with E-state index >= 15 is 0 Å². The molecule has 0 saturated heterocycles. The molecule has 2 unspecified atom stereocenters. The van der Waals surface area contributed by atoms with Gasteiger partial charge in [-0.25, -0.2) is 0 Å². The van der Waals surface area contributed by atoms with Crippen LogP contribution >= 0.6 is 0 Å². The Morgan fingerprint density at radius 3 is 2.29 bits per heavy atom. The Bertz CT molecular complexity index is 561. The molecule has 4 nitrogen and oxygen atoms in total. The summed E-state index contributed by atoms with van der Waals surface area (Å²) in [5, 5.41) is 12.4. The molecule has 2 bridgehead atoms. The van der Waals surface area contributed by atoms with Gasteiger partial charge in [0.25, 0.3) is 0 Å². The lowest BCUT2D eigenvalue weighted by Crippen LogP contribution is -2.49. The molecule has 112 valence electrons. The highest BCUT2D eigenvalue weighted by Gasteiger charge is 2.50. The minimum absolute atomic E-state index is 0.123. The van der Waals surface area contributed by atoms with E-state index in [4.69, 9.17) is 0 Å². The number of carbonyl (C=O) groups is 2. The third-order valence-electron chi connectivity index (χ3n) is 5.09. The second-order valence-electron chi connectivity index (χ2n) is 6.42. The zero-order valence-corrected chi connectivity index (χ0v) is 12.2. The van der Waals surface area contributed by atoms with E-state index in [-0.39, 0.29) is 23.7 Å². The van der Waals surface area contributed by atoms with Crippen LogP contribution in [-0.2, 0) is 9.59 Å². The Kier molecular flexibility index (Phi) is 3.70. The average molecular weight is 287 g/mol. The summed E-state index contributed by atoms with van der Waals surface area (Å²) in [7, 11) is 0. The highest BCUT2D eigenvalue weighted by atomic mass is 16.4. The molecule has 0 spiro atoms. The first kappa shape index (κ1) is 14.1. The summed E-state index contributed by atoms with van der Waals surface area (Å²) in [5.74, 6) is -1.43. The number of amides is 1. The predicted molar refractivity (Wildman–Crippen MR) is 79.9 cm³/mol. The third kappa shape index (κ3) is 2.67. The van der Waals surface area contributed by atoms with E-state index in [9.17, 15) is 14.7 Å². The van der Waals surface area contributed by atoms with Gasteiger partial charge in [0.15, 0.2) is 0 Å². The van der Waals surface area contributed by atoms with Crippen LogP contribution in [0.3, 0.4) is 0 Å². The summed E-state index contributed by atoms with van der Waals surface area (Å²) >= 11 is 0. The van der Waals surface area contributed by atoms with Crippen molar-refractivity contribution < 1.29 is 14.7 Å². The molecule has 3 fully saturated rings. The second kappa shape index (κ2) is 5.51. The molecule has 21 heavy (non-hydrogen) atoms. The van der Waals surface area contributed by atoms with Crippen molar-refractivity contribution in [1.82, 2.24) is 0 Å². The van der Waals surface area contributed by atoms with Crippen molar-refractivity contribution in [2.24, 2.45) is 23.7 Å². The van der Waals surface area contributed by atoms with Gasteiger partial charge in [-0.05, 0) is 62.1 Å². The molecule has 3 saturated carbocycles. The molecule has 3 aliphatic rings. The van der Waals surface area contributed by atoms with Gasteiger partial charge in [-0.2, -0.15) is 0 Å². The predicted octanol–water partition coefficient (Wildman–Crippen LogP) is 3.07. The fourth-order valence-electron chi connectivity index (χ4n) is 4.13. The Labute approximate surface area is 124 Å². The molecular formula is C17H21NO3. The van der Waals surface area contributed by atoms with Crippen molar-refractivity contribution >= 4 is 17.6 Å². The number of carbonyl (C=O) groups excluding carboxylic acids is 1. The summed E-state index contributed by atoms with van der Waals surface area (Å²) in [4.78, 5) is 24.2. The molecule has 1 amide bonds. The minimum Gasteiger partial charge on any atom is -0.481 e. The first-order valence-electron chi connectivity index (χ1n) is 7.66. The molecule has 1 aromatic rings. The summed E-state index contributed by atoms with van der Waals surface area (Å²) in [5.41, 5.74) is 1.83. The van der Waals surface area contributed by atoms with Crippen LogP contribution in [0.25, 0.3) is 0 Å². The number of carboxylic acid groups (broad SMARTS) is 1. The van der Waals surface area contributed by atoms with Crippen molar-refractivity contribution in [1.29, 1.82) is 0 Å². The van der Waals surface area contributed by atoms with Crippen LogP contribution in [0.4, 0.5) is 5.69 Å². The molecule has 3 aliphatic carbocycles. The number of nitrogens with one attached hydrogen (secondary N) is 1. The van der Waals surface area contributed by atoms with Gasteiger partial charge in [-0.15, -0.1) is 0 Å². The van der Waals surface area contributed by atoms with Gasteiger partial charge in [0.1, 0.15) is 0 Å². The van der Waals surface area contributed by atoms with Crippen LogP contribution in [0.1, 0.15) is 31.2 Å². The van der Waals surface area contributed by atoms with Gasteiger partial charge in [0.05, 0.1) is 11.8 Å². The number of carboxylic acids is 1. The fraction of sp³-hybridized carbons (Fsp3) is 0.529. The number of aliphatic carboxylic acids is 1. The van der Waals surface area contributed by atoms with Crippen molar-refractivity contribution in [2.75, 3.05) is 5.32 Å². The van der Waals surface area contributed by atoms with Gasteiger partial charge in [-0.3, -0.25) is 9.59 Å². The summed E-state index contributed by atoms with van der Waals surface area (Å²) < 4.78 is 0. The van der Waals surface area contributed by atoms with Crippen molar-refractivity contribution in [3.8, 4) is 0 Å². The quantitative estimate of drug-likeness (QED) is 0.898. The normalized spacial score (nSPS) is 30.9. The number of benzene rings is 1. The molecule has 4 rings (SSSR count). The molecule has 0 heterocycles. The Morgan fingerprint density at radius 2 is 1.71 bits per heavy atom. The second-order valence-corrected chi connectivity index (χ2v) is 6.42. The van der Waals surface area contributed by atoms with Gasteiger partial charge in [0, 0.05) is 5.69 Å². The Balaban J connectivity index is 1.80. The lowest BCUT2D eigenvalue weighted by atomic mass is 9.58. The zero-order chi connectivity index (χ0) is 15.0. The topological polar surface area (TPSA) is 66.4 Å². The van der Waals surface area contributed by atoms with Crippen LogP contribution in [0.2, 0.25) is 0 Å². The van der Waals surface area contributed by atoms with E-state index in [0.29, 0.717) is 0 Å². The Hall–Kier alpha value is -1.84. The highest BCUT2D eigenvalue weighted by molar-refractivity contribution is 5.95. The van der Waals surface area contributed by atoms with Crippen molar-refractivity contribution in [3.63, 3.8) is 0 Å². The van der Waals surface area contributed by atoms with E-state index in [1.165, 1.54) is 0 Å². The maximum absolute atomic E-state index is 12.6. The molecule has 2 N–H and O–H groups in total. The largest absolute Gasteiger partial charge is 0.481 e. The monoisotopic (exact) mass is 287 g/mol. The van der Waals surface area contributed by atoms with E-state index in [1.54, 1.807) is 0 Å². The van der Waals surface area contributed by atoms with Gasteiger partial charge < -0.3 is 10.4 Å². The maximum Gasteiger partial charge on any atom is 0.307 e. The first-order valence-corrected chi connectivity index (χ1v) is 7.66. The zero-order valence-electron chi connectivity index (χ0n) is 12.2. The smallest absolute Gasteiger partial charge is 0.307 e. The van der Waals surface area contributed by atoms with Crippen LogP contribution in [0, 0.1) is 30.6 Å². The summed E-state index contributed by atoms with van der Waals surface area (Å²) in [6.45, 7) is 1.97. The fourth-order valence-corrected chi connectivity index (χ4v) is 4.13. The Morgan fingerprint density at radius 1 is 1.10 bits per heavy atom. The lowest BCUT2D eigenvalue weighted by molar-refractivity contribution is -0.156. The van der Waals surface area contributed by atoms with Gasteiger partial charge in [0.2, 0.25) is 5.91 Å². The number of aryl methyl sites for hydroxylation is 1. The minimum atomic E-state index is -0.811. The maximum atomic E-state index is 12.6. The summed E-state index contributed by atoms with van der Waals surface area (Å²) in [6, 6.07) is 7.63. The first-order chi connectivity index (χ1) is 10.1. The van der Waals surface area contributed by atoms with Crippen LogP contribution < -0.4 is 5.32 Å². The van der Waals surface area contributed by atoms with Gasteiger partial charge >= 0.3 is 5.97 Å². The molecule has 2 atom stereocenters. The third-order valence-corrected chi connectivity index (χ3v) is 5.09. The highest BCUT2D eigenvalue weighted by Crippen LogP contribution is 2.49. The molecule has 0 aliphatic heterocycles. The van der Waals surface area contributed by atoms with Crippen LogP contribution in [0.5, 0.6) is 0 Å². The SMILES string of the molecule is Cc1cccc(NC(=O)C2C3CCC(CC3)C2C(=O)O)c1. The molecule has 0 radical (unpaired) electrons. The van der Waals surface area contributed by atoms with E-state index < -0.39 is 11.9 Å².